The first kappa shape index (κ1) is 7.47. The van der Waals surface area contributed by atoms with Crippen LogP contribution in [-0.2, 0) is 0 Å². The van der Waals surface area contributed by atoms with Crippen LogP contribution in [0.4, 0.5) is 0 Å². The van der Waals surface area contributed by atoms with Gasteiger partial charge in [0.25, 0.3) is 0 Å². The van der Waals surface area contributed by atoms with E-state index in [1.165, 1.54) is 0 Å². The lowest BCUT2D eigenvalue weighted by atomic mass is 10.1. The fourth-order valence-corrected chi connectivity index (χ4v) is 0.750. The van der Waals surface area contributed by atoms with Crippen molar-refractivity contribution in [2.75, 3.05) is 0 Å². The van der Waals surface area contributed by atoms with Gasteiger partial charge >= 0.3 is 0 Å². The highest BCUT2D eigenvalue weighted by atomic mass is 16.4. The van der Waals surface area contributed by atoms with Crippen molar-refractivity contribution in [2.24, 2.45) is 5.16 Å². The Labute approximate surface area is 64.5 Å². The van der Waals surface area contributed by atoms with Gasteiger partial charge in [-0.05, 0) is 0 Å². The molecule has 1 aromatic carbocycles. The molecule has 0 heterocycles. The van der Waals surface area contributed by atoms with E-state index in [-0.39, 0.29) is 5.71 Å². The quantitative estimate of drug-likeness (QED) is 0.373. The van der Waals surface area contributed by atoms with Gasteiger partial charge in [0, 0.05) is 5.56 Å². The molecule has 56 valence electrons. The fourth-order valence-electron chi connectivity index (χ4n) is 0.750. The van der Waals surface area contributed by atoms with Crippen LogP contribution in [-0.4, -0.2) is 17.1 Å². The third-order valence-electron chi connectivity index (χ3n) is 1.27. The van der Waals surface area contributed by atoms with Crippen LogP contribution in [0.25, 0.3) is 0 Å². The van der Waals surface area contributed by atoms with Gasteiger partial charge in [-0.2, -0.15) is 0 Å². The van der Waals surface area contributed by atoms with Crippen LogP contribution in [0, 0.1) is 5.41 Å². The van der Waals surface area contributed by atoms with Gasteiger partial charge in [0.15, 0.2) is 0 Å². The first-order chi connectivity index (χ1) is 5.34. The van der Waals surface area contributed by atoms with E-state index in [0.29, 0.717) is 0 Å². The van der Waals surface area contributed by atoms with Gasteiger partial charge in [-0.1, -0.05) is 35.5 Å². The zero-order valence-electron chi connectivity index (χ0n) is 5.86. The molecular formula is C8H8N2O. The van der Waals surface area contributed by atoms with E-state index in [0.717, 1.165) is 11.8 Å². The second kappa shape index (κ2) is 3.51. The van der Waals surface area contributed by atoms with E-state index >= 15 is 0 Å². The minimum atomic E-state index is 0.202. The fraction of sp³-hybridized carbons (Fsp3) is 0. The summed E-state index contributed by atoms with van der Waals surface area (Å²) in [7, 11) is 0. The number of benzene rings is 1. The standard InChI is InChI=1S/C8H8N2O/c9-8(6-10-11)7-4-2-1-3-5-7/h1-6,9,11H. The predicted octanol–water partition coefficient (Wildman–Crippen LogP) is 1.51. The van der Waals surface area contributed by atoms with Gasteiger partial charge in [0.2, 0.25) is 0 Å². The summed E-state index contributed by atoms with van der Waals surface area (Å²) in [6.45, 7) is 0. The zero-order valence-corrected chi connectivity index (χ0v) is 5.86. The predicted molar refractivity (Wildman–Crippen MR) is 43.5 cm³/mol. The highest BCUT2D eigenvalue weighted by molar-refractivity contribution is 6.36. The first-order valence-electron chi connectivity index (χ1n) is 3.16. The highest BCUT2D eigenvalue weighted by Gasteiger charge is 1.94. The molecule has 0 unspecified atom stereocenters. The van der Waals surface area contributed by atoms with Crippen molar-refractivity contribution in [3.8, 4) is 0 Å². The molecule has 0 bridgehead atoms. The van der Waals surface area contributed by atoms with Gasteiger partial charge in [-0.15, -0.1) is 0 Å². The Bertz CT molecular complexity index is 267. The van der Waals surface area contributed by atoms with Crippen LogP contribution in [0.15, 0.2) is 35.5 Å². The third kappa shape index (κ3) is 1.89. The summed E-state index contributed by atoms with van der Waals surface area (Å²) in [5.41, 5.74) is 0.943. The molecule has 3 heteroatoms. The van der Waals surface area contributed by atoms with Crippen molar-refractivity contribution in [1.82, 2.24) is 0 Å². The summed E-state index contributed by atoms with van der Waals surface area (Å²) in [6.07, 6.45) is 1.09. The average Bonchev–Trinajstić information content (AvgIpc) is 2.07. The maximum absolute atomic E-state index is 8.13. The third-order valence-corrected chi connectivity index (χ3v) is 1.27. The van der Waals surface area contributed by atoms with Crippen LogP contribution >= 0.6 is 0 Å². The van der Waals surface area contributed by atoms with Gasteiger partial charge in [-0.25, -0.2) is 0 Å². The SMILES string of the molecule is N=C(C=NO)c1ccccc1. The Kier molecular flexibility index (Phi) is 2.38. The topological polar surface area (TPSA) is 56.4 Å². The Morgan fingerprint density at radius 1 is 1.36 bits per heavy atom. The van der Waals surface area contributed by atoms with Gasteiger partial charge < -0.3 is 5.21 Å². The van der Waals surface area contributed by atoms with E-state index in [1.54, 1.807) is 12.1 Å². The second-order valence-corrected chi connectivity index (χ2v) is 2.02. The van der Waals surface area contributed by atoms with Crippen LogP contribution in [0.2, 0.25) is 0 Å². The summed E-state index contributed by atoms with van der Waals surface area (Å²) in [6, 6.07) is 9.09. The number of nitrogens with zero attached hydrogens (tertiary/aromatic N) is 1. The van der Waals surface area contributed by atoms with Crippen molar-refractivity contribution in [2.45, 2.75) is 0 Å². The Morgan fingerprint density at radius 3 is 2.55 bits per heavy atom. The summed E-state index contributed by atoms with van der Waals surface area (Å²) in [5, 5.41) is 18.2. The van der Waals surface area contributed by atoms with E-state index in [1.807, 2.05) is 18.2 Å². The molecule has 0 aliphatic carbocycles. The summed E-state index contributed by atoms with van der Waals surface area (Å²) >= 11 is 0. The number of rotatable bonds is 2. The van der Waals surface area contributed by atoms with Gasteiger partial charge in [-0.3, -0.25) is 5.41 Å². The van der Waals surface area contributed by atoms with Crippen molar-refractivity contribution >= 4 is 11.9 Å². The molecule has 0 spiro atoms. The van der Waals surface area contributed by atoms with Gasteiger partial charge in [0.1, 0.15) is 0 Å². The van der Waals surface area contributed by atoms with E-state index < -0.39 is 0 Å². The maximum Gasteiger partial charge on any atom is 0.0917 e. The lowest BCUT2D eigenvalue weighted by molar-refractivity contribution is 0.322. The average molecular weight is 148 g/mol. The number of oxime groups is 1. The number of hydrogen-bond donors (Lipinski definition) is 2. The summed E-state index contributed by atoms with van der Waals surface area (Å²) in [5.74, 6) is 0. The smallest absolute Gasteiger partial charge is 0.0917 e. The van der Waals surface area contributed by atoms with Crippen molar-refractivity contribution in [3.05, 3.63) is 35.9 Å². The minimum Gasteiger partial charge on any atom is -0.411 e. The molecule has 1 rings (SSSR count). The molecule has 0 aliphatic rings. The van der Waals surface area contributed by atoms with Gasteiger partial charge in [0.05, 0.1) is 11.9 Å². The first-order valence-corrected chi connectivity index (χ1v) is 3.16. The van der Waals surface area contributed by atoms with Crippen molar-refractivity contribution in [1.29, 1.82) is 5.41 Å². The molecule has 1 aromatic rings. The van der Waals surface area contributed by atoms with Crippen molar-refractivity contribution in [3.63, 3.8) is 0 Å². The minimum absolute atomic E-state index is 0.202. The molecule has 11 heavy (non-hydrogen) atoms. The number of hydrogen-bond acceptors (Lipinski definition) is 3. The molecule has 2 N–H and O–H groups in total. The van der Waals surface area contributed by atoms with Crippen LogP contribution < -0.4 is 0 Å². The summed E-state index contributed by atoms with van der Waals surface area (Å²) < 4.78 is 0. The van der Waals surface area contributed by atoms with Crippen molar-refractivity contribution < 1.29 is 5.21 Å². The summed E-state index contributed by atoms with van der Waals surface area (Å²) in [4.78, 5) is 0. The molecule has 0 radical (unpaired) electrons. The normalized spacial score (nSPS) is 10.2. The molecular weight excluding hydrogens is 140 g/mol. The van der Waals surface area contributed by atoms with Crippen LogP contribution in [0.3, 0.4) is 0 Å². The second-order valence-electron chi connectivity index (χ2n) is 2.02. The largest absolute Gasteiger partial charge is 0.411 e. The molecule has 0 aliphatic heterocycles. The number of nitrogens with one attached hydrogen (secondary N) is 1. The Hall–Kier alpha value is -1.64. The maximum atomic E-state index is 8.13. The monoisotopic (exact) mass is 148 g/mol. The zero-order chi connectivity index (χ0) is 8.10. The molecule has 0 fully saturated rings. The van der Waals surface area contributed by atoms with E-state index in [4.69, 9.17) is 10.6 Å². The molecule has 0 amide bonds. The van der Waals surface area contributed by atoms with Crippen LogP contribution in [0.5, 0.6) is 0 Å². The van der Waals surface area contributed by atoms with E-state index in [9.17, 15) is 0 Å². The Morgan fingerprint density at radius 2 is 2.00 bits per heavy atom. The molecule has 3 nitrogen and oxygen atoms in total. The highest BCUT2D eigenvalue weighted by Crippen LogP contribution is 1.97. The van der Waals surface area contributed by atoms with Crippen LogP contribution in [0.1, 0.15) is 5.56 Å². The molecule has 0 saturated carbocycles. The lowest BCUT2D eigenvalue weighted by Gasteiger charge is -1.93. The molecule has 0 aromatic heterocycles. The van der Waals surface area contributed by atoms with E-state index in [2.05, 4.69) is 5.16 Å². The molecule has 0 saturated heterocycles. The molecule has 0 atom stereocenters. The lowest BCUT2D eigenvalue weighted by Crippen LogP contribution is -1.98. The Balaban J connectivity index is 2.86.